The molecule has 4 heterocycles. The fourth-order valence-electron chi connectivity index (χ4n) is 4.98. The van der Waals surface area contributed by atoms with Crippen LogP contribution in [0.1, 0.15) is 54.6 Å². The number of benzene rings is 1. The molecule has 0 bridgehead atoms. The highest BCUT2D eigenvalue weighted by atomic mass is 32.1. The van der Waals surface area contributed by atoms with E-state index in [9.17, 15) is 4.79 Å². The van der Waals surface area contributed by atoms with Crippen LogP contribution in [0.4, 0.5) is 29.7 Å². The lowest BCUT2D eigenvalue weighted by molar-refractivity contribution is -0.0117. The largest absolute Gasteiger partial charge is 0.389 e. The number of carbonyl (C=O) groups is 1. The van der Waals surface area contributed by atoms with Gasteiger partial charge in [0, 0.05) is 46.2 Å². The zero-order valence-electron chi connectivity index (χ0n) is 20.5. The molecule has 2 aromatic heterocycles. The summed E-state index contributed by atoms with van der Waals surface area (Å²) in [7, 11) is 1.81. The number of nitrogen functional groups attached to an aromatic ring is 1. The van der Waals surface area contributed by atoms with Crippen LogP contribution >= 0.6 is 11.3 Å². The minimum Gasteiger partial charge on any atom is -0.389 e. The lowest BCUT2D eigenvalue weighted by Crippen LogP contribution is -2.29. The number of nitrogens with two attached hydrogens (primary N) is 1. The number of anilines is 3. The summed E-state index contributed by atoms with van der Waals surface area (Å²) in [5.74, 6) is -1.75. The van der Waals surface area contributed by atoms with Gasteiger partial charge in [0.1, 0.15) is 33.0 Å². The Bertz CT molecular complexity index is 1270. The summed E-state index contributed by atoms with van der Waals surface area (Å²) in [4.78, 5) is 19.5. The summed E-state index contributed by atoms with van der Waals surface area (Å²) in [5, 5.41) is 7.02. The third-order valence-electron chi connectivity index (χ3n) is 6.99. The second-order valence-corrected chi connectivity index (χ2v) is 10.5. The number of hydrogen-bond donors (Lipinski definition) is 2. The first kappa shape index (κ1) is 25.5. The van der Waals surface area contributed by atoms with Crippen molar-refractivity contribution in [2.24, 2.45) is 7.05 Å². The van der Waals surface area contributed by atoms with Crippen molar-refractivity contribution in [2.45, 2.75) is 44.2 Å². The Hall–Kier alpha value is -3.12. The van der Waals surface area contributed by atoms with Crippen molar-refractivity contribution in [3.63, 3.8) is 0 Å². The summed E-state index contributed by atoms with van der Waals surface area (Å²) in [6.45, 7) is 2.07. The van der Waals surface area contributed by atoms with Gasteiger partial charge in [-0.3, -0.25) is 9.48 Å². The highest BCUT2D eigenvalue weighted by Crippen LogP contribution is 2.40. The molecule has 1 amide bonds. The van der Waals surface area contributed by atoms with Gasteiger partial charge in [-0.1, -0.05) is 24.2 Å². The summed E-state index contributed by atoms with van der Waals surface area (Å²) in [5.41, 5.74) is 4.05. The first-order valence-electron chi connectivity index (χ1n) is 12.4. The zero-order valence-corrected chi connectivity index (χ0v) is 21.3. The van der Waals surface area contributed by atoms with Crippen LogP contribution in [-0.4, -0.2) is 47.0 Å². The number of aryl methyl sites for hydroxylation is 1. The van der Waals surface area contributed by atoms with E-state index in [1.807, 2.05) is 7.05 Å². The van der Waals surface area contributed by atoms with Crippen LogP contribution in [0, 0.1) is 11.6 Å². The SMILES string of the molecule is Cn1ncc(NC(=O)c2nc(-c3c(F)cc(C4(F)CCOCC4)cc3F)sc2N)c1N1CCCCCC1. The van der Waals surface area contributed by atoms with E-state index in [1.54, 1.807) is 10.9 Å². The van der Waals surface area contributed by atoms with Gasteiger partial charge >= 0.3 is 0 Å². The monoisotopic (exact) mass is 534 g/mol. The van der Waals surface area contributed by atoms with Gasteiger partial charge in [0.25, 0.3) is 5.91 Å². The summed E-state index contributed by atoms with van der Waals surface area (Å²) in [6.07, 6.45) is 6.01. The van der Waals surface area contributed by atoms with Crippen LogP contribution in [0.3, 0.4) is 0 Å². The van der Waals surface area contributed by atoms with E-state index < -0.39 is 28.8 Å². The molecule has 0 aliphatic carbocycles. The second-order valence-electron chi connectivity index (χ2n) is 9.49. The molecule has 3 N–H and O–H groups in total. The van der Waals surface area contributed by atoms with E-state index in [-0.39, 0.29) is 47.3 Å². The minimum atomic E-state index is -1.86. The maximum atomic E-state index is 15.3. The lowest BCUT2D eigenvalue weighted by Gasteiger charge is -2.30. The second kappa shape index (κ2) is 10.3. The average molecular weight is 535 g/mol. The molecule has 8 nitrogen and oxygen atoms in total. The molecule has 3 aromatic rings. The number of carbonyl (C=O) groups excluding carboxylic acids is 1. The van der Waals surface area contributed by atoms with Crippen molar-refractivity contribution >= 4 is 33.8 Å². The summed E-state index contributed by atoms with van der Waals surface area (Å²) < 4.78 is 52.3. The third kappa shape index (κ3) is 5.04. The molecule has 37 heavy (non-hydrogen) atoms. The quantitative estimate of drug-likeness (QED) is 0.478. The van der Waals surface area contributed by atoms with Gasteiger partial charge in [-0.25, -0.2) is 18.2 Å². The molecule has 2 aliphatic rings. The number of ether oxygens (including phenoxy) is 1. The molecule has 0 saturated carbocycles. The standard InChI is InChI=1S/C25H29F3N6O2S/c1-33-24(34-8-4-2-3-5-9-34)18(14-30-33)31-22(35)20-21(29)37-23(32-20)19-16(26)12-15(13-17(19)27)25(28)6-10-36-11-7-25/h12-14H,2-11,29H2,1H3,(H,31,35). The Morgan fingerprint density at radius 3 is 2.43 bits per heavy atom. The van der Waals surface area contributed by atoms with Crippen LogP contribution < -0.4 is 16.0 Å². The predicted octanol–water partition coefficient (Wildman–Crippen LogP) is 5.01. The number of aromatic nitrogens is 3. The highest BCUT2D eigenvalue weighted by molar-refractivity contribution is 7.19. The number of alkyl halides is 1. The van der Waals surface area contributed by atoms with E-state index in [0.717, 1.165) is 68.1 Å². The summed E-state index contributed by atoms with van der Waals surface area (Å²) >= 11 is 0.796. The fourth-order valence-corrected chi connectivity index (χ4v) is 5.86. The number of rotatable bonds is 5. The van der Waals surface area contributed by atoms with E-state index in [4.69, 9.17) is 10.5 Å². The van der Waals surface area contributed by atoms with Crippen molar-refractivity contribution in [3.05, 3.63) is 41.2 Å². The van der Waals surface area contributed by atoms with Gasteiger partial charge in [-0.05, 0) is 30.5 Å². The van der Waals surface area contributed by atoms with Gasteiger partial charge in [-0.15, -0.1) is 0 Å². The molecule has 0 unspecified atom stereocenters. The van der Waals surface area contributed by atoms with E-state index in [1.165, 1.54) is 0 Å². The first-order chi connectivity index (χ1) is 17.8. The van der Waals surface area contributed by atoms with Crippen molar-refractivity contribution in [1.29, 1.82) is 0 Å². The van der Waals surface area contributed by atoms with Gasteiger partial charge in [0.15, 0.2) is 11.5 Å². The van der Waals surface area contributed by atoms with Gasteiger partial charge in [-0.2, -0.15) is 5.10 Å². The average Bonchev–Trinajstić information content (AvgIpc) is 3.29. The number of amides is 1. The highest BCUT2D eigenvalue weighted by Gasteiger charge is 2.36. The van der Waals surface area contributed by atoms with E-state index in [0.29, 0.717) is 5.69 Å². The van der Waals surface area contributed by atoms with Crippen LogP contribution in [0.15, 0.2) is 18.3 Å². The molecule has 0 spiro atoms. The molecular formula is C25H29F3N6O2S. The van der Waals surface area contributed by atoms with Crippen molar-refractivity contribution in [2.75, 3.05) is 42.3 Å². The van der Waals surface area contributed by atoms with E-state index >= 15 is 13.2 Å². The lowest BCUT2D eigenvalue weighted by atomic mass is 9.87. The molecule has 2 fully saturated rings. The number of hydrogen-bond acceptors (Lipinski definition) is 7. The third-order valence-corrected chi connectivity index (χ3v) is 7.89. The predicted molar refractivity (Wildman–Crippen MR) is 137 cm³/mol. The maximum absolute atomic E-state index is 15.3. The Balaban J connectivity index is 1.40. The van der Waals surface area contributed by atoms with Crippen LogP contribution in [0.5, 0.6) is 0 Å². The number of nitrogens with one attached hydrogen (secondary N) is 1. The number of nitrogens with zero attached hydrogens (tertiary/aromatic N) is 4. The van der Waals surface area contributed by atoms with Gasteiger partial charge < -0.3 is 20.7 Å². The summed E-state index contributed by atoms with van der Waals surface area (Å²) in [6, 6.07) is 1.98. The normalized spacial score (nSPS) is 18.0. The number of halogens is 3. The fraction of sp³-hybridized carbons (Fsp3) is 0.480. The molecule has 2 saturated heterocycles. The minimum absolute atomic E-state index is 0.0157. The topological polar surface area (TPSA) is 98.3 Å². The Kier molecular flexibility index (Phi) is 7.13. The van der Waals surface area contributed by atoms with Crippen LogP contribution in [0.2, 0.25) is 0 Å². The molecule has 198 valence electrons. The Morgan fingerprint density at radius 1 is 1.14 bits per heavy atom. The van der Waals surface area contributed by atoms with Crippen LogP contribution in [0.25, 0.3) is 10.6 Å². The molecule has 0 atom stereocenters. The van der Waals surface area contributed by atoms with E-state index in [2.05, 4.69) is 20.3 Å². The maximum Gasteiger partial charge on any atom is 0.277 e. The molecule has 0 radical (unpaired) electrons. The molecule has 2 aliphatic heterocycles. The molecular weight excluding hydrogens is 505 g/mol. The van der Waals surface area contributed by atoms with Crippen molar-refractivity contribution in [3.8, 4) is 10.6 Å². The Labute approximate surface area is 216 Å². The van der Waals surface area contributed by atoms with Crippen LogP contribution in [-0.2, 0) is 17.5 Å². The van der Waals surface area contributed by atoms with Crippen molar-refractivity contribution in [1.82, 2.24) is 14.8 Å². The first-order valence-corrected chi connectivity index (χ1v) is 13.2. The van der Waals surface area contributed by atoms with Gasteiger partial charge in [0.05, 0.1) is 11.8 Å². The molecule has 5 rings (SSSR count). The van der Waals surface area contributed by atoms with Crippen molar-refractivity contribution < 1.29 is 22.7 Å². The smallest absolute Gasteiger partial charge is 0.277 e. The Morgan fingerprint density at radius 2 is 1.78 bits per heavy atom. The molecule has 1 aromatic carbocycles. The molecule has 12 heteroatoms. The number of thiazole rings is 1. The zero-order chi connectivity index (χ0) is 26.2. The van der Waals surface area contributed by atoms with Gasteiger partial charge in [0.2, 0.25) is 0 Å².